The highest BCUT2D eigenvalue weighted by Crippen LogP contribution is 2.31. The Morgan fingerprint density at radius 2 is 1.71 bits per heavy atom. The molecule has 0 bridgehead atoms. The van der Waals surface area contributed by atoms with Gasteiger partial charge in [0.1, 0.15) is 11.9 Å². The molecule has 0 aliphatic carbocycles. The maximum Gasteiger partial charge on any atom is 0.245 e. The highest BCUT2D eigenvalue weighted by molar-refractivity contribution is 5.94. The van der Waals surface area contributed by atoms with Crippen LogP contribution in [0.25, 0.3) is 0 Å². The van der Waals surface area contributed by atoms with Gasteiger partial charge in [0.15, 0.2) is 11.5 Å². The van der Waals surface area contributed by atoms with Crippen LogP contribution in [0.2, 0.25) is 0 Å². The molecule has 28 heavy (non-hydrogen) atoms. The lowest BCUT2D eigenvalue weighted by atomic mass is 10.00. The molecule has 2 aromatic carbocycles. The number of piperazine rings is 1. The Morgan fingerprint density at radius 1 is 1.07 bits per heavy atom. The van der Waals surface area contributed by atoms with Gasteiger partial charge in [-0.15, -0.1) is 0 Å². The van der Waals surface area contributed by atoms with E-state index in [-0.39, 0.29) is 36.2 Å². The summed E-state index contributed by atoms with van der Waals surface area (Å²) in [6.07, 6.45) is 0.366. The molecule has 0 unspecified atom stereocenters. The summed E-state index contributed by atoms with van der Waals surface area (Å²) < 4.78 is 24.9. The second-order valence-corrected chi connectivity index (χ2v) is 6.72. The first kappa shape index (κ1) is 19.7. The lowest BCUT2D eigenvalue weighted by Crippen LogP contribution is -2.59. The molecule has 1 atom stereocenters. The molecular weight excluding hydrogens is 363 g/mol. The van der Waals surface area contributed by atoms with Crippen molar-refractivity contribution >= 4 is 11.8 Å². The minimum Gasteiger partial charge on any atom is -0.493 e. The summed E-state index contributed by atoms with van der Waals surface area (Å²) in [5.74, 6) is -0.270. The topological polar surface area (TPSA) is 59.1 Å². The molecule has 1 fully saturated rings. The number of hydrogen-bond donors (Lipinski definition) is 0. The molecule has 148 valence electrons. The molecule has 0 aromatic heterocycles. The maximum absolute atomic E-state index is 14.6. The Labute approximate surface area is 163 Å². The van der Waals surface area contributed by atoms with Crippen LogP contribution in [0, 0.1) is 5.82 Å². The van der Waals surface area contributed by atoms with Gasteiger partial charge >= 0.3 is 0 Å². The van der Waals surface area contributed by atoms with Crippen LogP contribution in [-0.4, -0.2) is 55.5 Å². The van der Waals surface area contributed by atoms with Gasteiger partial charge in [-0.3, -0.25) is 9.59 Å². The number of halogens is 1. The Balaban J connectivity index is 1.93. The Hall–Kier alpha value is -3.09. The number of carbonyl (C=O) groups excluding carboxylic acids is 2. The smallest absolute Gasteiger partial charge is 0.245 e. The van der Waals surface area contributed by atoms with E-state index in [1.165, 1.54) is 36.2 Å². The van der Waals surface area contributed by atoms with Crippen molar-refractivity contribution < 1.29 is 23.5 Å². The van der Waals surface area contributed by atoms with Crippen molar-refractivity contribution in [1.82, 2.24) is 9.80 Å². The molecule has 2 aromatic rings. The number of carbonyl (C=O) groups is 2. The quantitative estimate of drug-likeness (QED) is 0.764. The number of methoxy groups -OCH3 is 2. The zero-order valence-electron chi connectivity index (χ0n) is 16.1. The summed E-state index contributed by atoms with van der Waals surface area (Å²) in [4.78, 5) is 28.3. The minimum atomic E-state index is -0.693. The molecule has 2 amide bonds. The molecule has 1 aliphatic rings. The summed E-state index contributed by atoms with van der Waals surface area (Å²) in [5, 5.41) is 0. The van der Waals surface area contributed by atoms with Crippen LogP contribution >= 0.6 is 0 Å². The van der Waals surface area contributed by atoms with E-state index >= 15 is 0 Å². The van der Waals surface area contributed by atoms with Crippen LogP contribution in [0.4, 0.5) is 4.39 Å². The second-order valence-electron chi connectivity index (χ2n) is 6.72. The molecule has 6 nitrogen and oxygen atoms in total. The average molecular weight is 386 g/mol. The number of amides is 2. The van der Waals surface area contributed by atoms with Crippen LogP contribution in [-0.2, 0) is 22.6 Å². The van der Waals surface area contributed by atoms with Crippen molar-refractivity contribution in [3.63, 3.8) is 0 Å². The first-order chi connectivity index (χ1) is 13.4. The fourth-order valence-electron chi connectivity index (χ4n) is 3.37. The van der Waals surface area contributed by atoms with Gasteiger partial charge in [0.25, 0.3) is 0 Å². The molecule has 3 rings (SSSR count). The normalized spacial score (nSPS) is 17.1. The largest absolute Gasteiger partial charge is 0.493 e. The fourth-order valence-corrected chi connectivity index (χ4v) is 3.37. The van der Waals surface area contributed by atoms with E-state index in [0.717, 1.165) is 5.56 Å². The van der Waals surface area contributed by atoms with E-state index in [1.54, 1.807) is 7.05 Å². The van der Waals surface area contributed by atoms with Crippen molar-refractivity contribution in [3.8, 4) is 11.5 Å². The molecule has 1 heterocycles. The third-order valence-corrected chi connectivity index (χ3v) is 4.90. The van der Waals surface area contributed by atoms with Crippen molar-refractivity contribution in [1.29, 1.82) is 0 Å². The van der Waals surface area contributed by atoms with Gasteiger partial charge < -0.3 is 19.3 Å². The predicted molar refractivity (Wildman–Crippen MR) is 102 cm³/mol. The predicted octanol–water partition coefficient (Wildman–Crippen LogP) is 2.25. The third kappa shape index (κ3) is 3.93. The zero-order valence-corrected chi connectivity index (χ0v) is 16.1. The van der Waals surface area contributed by atoms with E-state index in [9.17, 15) is 14.0 Å². The van der Waals surface area contributed by atoms with Gasteiger partial charge in [0.05, 0.1) is 20.8 Å². The molecule has 0 saturated carbocycles. The lowest BCUT2D eigenvalue weighted by Gasteiger charge is -2.39. The number of rotatable bonds is 6. The van der Waals surface area contributed by atoms with Crippen molar-refractivity contribution in [3.05, 3.63) is 59.4 Å². The molecule has 0 spiro atoms. The van der Waals surface area contributed by atoms with E-state index in [0.29, 0.717) is 12.2 Å². The lowest BCUT2D eigenvalue weighted by molar-refractivity contribution is -0.155. The average Bonchev–Trinajstić information content (AvgIpc) is 2.70. The molecule has 0 N–H and O–H groups in total. The zero-order chi connectivity index (χ0) is 20.3. The van der Waals surface area contributed by atoms with Crippen LogP contribution in [0.1, 0.15) is 11.1 Å². The van der Waals surface area contributed by atoms with Crippen LogP contribution in [0.5, 0.6) is 11.5 Å². The first-order valence-electron chi connectivity index (χ1n) is 8.93. The molecule has 0 radical (unpaired) electrons. The highest BCUT2D eigenvalue weighted by atomic mass is 19.1. The van der Waals surface area contributed by atoms with Gasteiger partial charge in [-0.05, 0) is 11.6 Å². The number of hydrogen-bond acceptors (Lipinski definition) is 4. The molecule has 1 saturated heterocycles. The van der Waals surface area contributed by atoms with Crippen LogP contribution < -0.4 is 9.47 Å². The van der Waals surface area contributed by atoms with Crippen LogP contribution in [0.15, 0.2) is 42.5 Å². The summed E-state index contributed by atoms with van der Waals surface area (Å²) in [6.45, 7) is -0.0544. The van der Waals surface area contributed by atoms with Crippen molar-refractivity contribution in [2.45, 2.75) is 19.0 Å². The second kappa shape index (κ2) is 8.29. The standard InChI is InChI=1S/C21H23FN2O4/c1-23-13-20(25)24(17(21(23)26)9-14-7-5-4-6-8-14)12-15-10-18(27-2)19(28-3)11-16(15)22/h4-8,10-11,17H,9,12-13H2,1-3H3/t17-/m1/s1. The molecule has 7 heteroatoms. The van der Waals surface area contributed by atoms with Gasteiger partial charge in [-0.25, -0.2) is 4.39 Å². The maximum atomic E-state index is 14.6. The van der Waals surface area contributed by atoms with E-state index in [1.807, 2.05) is 30.3 Å². The van der Waals surface area contributed by atoms with Crippen LogP contribution in [0.3, 0.4) is 0 Å². The Morgan fingerprint density at radius 3 is 2.36 bits per heavy atom. The minimum absolute atomic E-state index is 0.0257. The summed E-state index contributed by atoms with van der Waals surface area (Å²) >= 11 is 0. The Kier molecular flexibility index (Phi) is 5.82. The number of benzene rings is 2. The van der Waals surface area contributed by atoms with Gasteiger partial charge in [0, 0.05) is 31.6 Å². The highest BCUT2D eigenvalue weighted by Gasteiger charge is 2.38. The summed E-state index contributed by atoms with van der Waals surface area (Å²) in [5.41, 5.74) is 1.20. The van der Waals surface area contributed by atoms with Gasteiger partial charge in [0.2, 0.25) is 11.8 Å². The van der Waals surface area contributed by atoms with Crippen molar-refractivity contribution in [2.75, 3.05) is 27.8 Å². The summed E-state index contributed by atoms with van der Waals surface area (Å²) in [6, 6.07) is 11.5. The van der Waals surface area contributed by atoms with E-state index in [4.69, 9.17) is 9.47 Å². The van der Waals surface area contributed by atoms with E-state index < -0.39 is 11.9 Å². The SMILES string of the molecule is COc1cc(F)c(CN2C(=O)CN(C)C(=O)[C@H]2Cc2ccccc2)cc1OC. The molecule has 1 aliphatic heterocycles. The first-order valence-corrected chi connectivity index (χ1v) is 8.93. The number of nitrogens with zero attached hydrogens (tertiary/aromatic N) is 2. The van der Waals surface area contributed by atoms with Gasteiger partial charge in [-0.2, -0.15) is 0 Å². The summed E-state index contributed by atoms with van der Waals surface area (Å²) in [7, 11) is 4.49. The van der Waals surface area contributed by atoms with E-state index in [2.05, 4.69) is 0 Å². The third-order valence-electron chi connectivity index (χ3n) is 4.90. The monoisotopic (exact) mass is 386 g/mol. The number of ether oxygens (including phenoxy) is 2. The molecular formula is C21H23FN2O4. The number of likely N-dealkylation sites (N-methyl/N-ethyl adjacent to an activating group) is 1. The van der Waals surface area contributed by atoms with Crippen molar-refractivity contribution in [2.24, 2.45) is 0 Å². The Bertz CT molecular complexity index is 872. The van der Waals surface area contributed by atoms with Gasteiger partial charge in [-0.1, -0.05) is 30.3 Å². The fraction of sp³-hybridized carbons (Fsp3) is 0.333.